The van der Waals surface area contributed by atoms with Crippen molar-refractivity contribution in [1.82, 2.24) is 5.32 Å². The average Bonchev–Trinajstić information content (AvgIpc) is 2.11. The summed E-state index contributed by atoms with van der Waals surface area (Å²) in [5.41, 5.74) is 4.82. The molecule has 0 aromatic rings. The molecule has 5 heteroatoms. The molecule has 4 N–H and O–H groups in total. The van der Waals surface area contributed by atoms with Gasteiger partial charge in [0.2, 0.25) is 11.8 Å². The van der Waals surface area contributed by atoms with Crippen LogP contribution in [0.5, 0.6) is 0 Å². The molecule has 10 heavy (non-hydrogen) atoms. The first-order valence-corrected chi connectivity index (χ1v) is 2.88. The fourth-order valence-electron chi connectivity index (χ4n) is 0.927. The quantitative estimate of drug-likeness (QED) is 0.357. The molecule has 1 saturated heterocycles. The third-order valence-corrected chi connectivity index (χ3v) is 1.46. The van der Waals surface area contributed by atoms with E-state index in [1.165, 1.54) is 0 Å². The monoisotopic (exact) mass is 144 g/mol. The molecule has 0 bridgehead atoms. The summed E-state index contributed by atoms with van der Waals surface area (Å²) in [7, 11) is 0. The Hall–Kier alpha value is -1.10. The number of nitrogens with one attached hydrogen (secondary N) is 1. The maximum atomic E-state index is 10.7. The maximum absolute atomic E-state index is 10.7. The lowest BCUT2D eigenvalue weighted by molar-refractivity contribution is -0.133. The standard InChI is InChI=1S/C5H8N2O3/c6-4(9)3-2(8)1-7-5(3)10/h2-3,8H,1H2,(H2,6,9)(H,7,10). The summed E-state index contributed by atoms with van der Waals surface area (Å²) in [5, 5.41) is 11.3. The molecule has 56 valence electrons. The van der Waals surface area contributed by atoms with E-state index in [0.717, 1.165) is 0 Å². The van der Waals surface area contributed by atoms with Crippen LogP contribution >= 0.6 is 0 Å². The number of primary amides is 1. The number of aliphatic hydroxyl groups excluding tert-OH is 1. The summed E-state index contributed by atoms with van der Waals surface area (Å²) in [4.78, 5) is 21.1. The van der Waals surface area contributed by atoms with Crippen molar-refractivity contribution in [2.24, 2.45) is 11.7 Å². The first-order chi connectivity index (χ1) is 4.63. The molecule has 1 rings (SSSR count). The summed E-state index contributed by atoms with van der Waals surface area (Å²) in [5.74, 6) is -2.32. The van der Waals surface area contributed by atoms with Crippen LogP contribution in [0.15, 0.2) is 0 Å². The van der Waals surface area contributed by atoms with Crippen molar-refractivity contribution in [2.75, 3.05) is 6.54 Å². The van der Waals surface area contributed by atoms with Crippen molar-refractivity contribution < 1.29 is 14.7 Å². The summed E-state index contributed by atoms with van der Waals surface area (Å²) in [6.07, 6.45) is -0.954. The molecule has 2 unspecified atom stereocenters. The van der Waals surface area contributed by atoms with Crippen molar-refractivity contribution in [3.05, 3.63) is 0 Å². The van der Waals surface area contributed by atoms with E-state index in [9.17, 15) is 9.59 Å². The molecule has 5 nitrogen and oxygen atoms in total. The predicted octanol–water partition coefficient (Wildman–Crippen LogP) is -2.42. The molecule has 1 aliphatic heterocycles. The molecule has 0 spiro atoms. The average molecular weight is 144 g/mol. The van der Waals surface area contributed by atoms with Crippen molar-refractivity contribution in [3.63, 3.8) is 0 Å². The number of β-amino-alcohol motifs (C(OH)–C–C–N with tert-alkyl or cyclic N) is 1. The Morgan fingerprint density at radius 2 is 2.40 bits per heavy atom. The number of aliphatic hydroxyl groups is 1. The van der Waals surface area contributed by atoms with Crippen LogP contribution in [0.3, 0.4) is 0 Å². The van der Waals surface area contributed by atoms with Gasteiger partial charge in [0.25, 0.3) is 0 Å². The van der Waals surface area contributed by atoms with Gasteiger partial charge in [-0.3, -0.25) is 9.59 Å². The highest BCUT2D eigenvalue weighted by Crippen LogP contribution is 2.08. The predicted molar refractivity (Wildman–Crippen MR) is 31.7 cm³/mol. The smallest absolute Gasteiger partial charge is 0.235 e. The Morgan fingerprint density at radius 1 is 1.80 bits per heavy atom. The van der Waals surface area contributed by atoms with Crippen LogP contribution in [0.2, 0.25) is 0 Å². The van der Waals surface area contributed by atoms with Gasteiger partial charge in [-0.25, -0.2) is 0 Å². The van der Waals surface area contributed by atoms with E-state index in [2.05, 4.69) is 5.32 Å². The van der Waals surface area contributed by atoms with Gasteiger partial charge >= 0.3 is 0 Å². The molecule has 0 aliphatic carbocycles. The number of carbonyl (C=O) groups is 2. The largest absolute Gasteiger partial charge is 0.390 e. The SMILES string of the molecule is NC(=O)C1C(=O)NCC1O. The number of rotatable bonds is 1. The highest BCUT2D eigenvalue weighted by molar-refractivity contribution is 6.01. The molecule has 1 heterocycles. The van der Waals surface area contributed by atoms with E-state index in [1.54, 1.807) is 0 Å². The molecular weight excluding hydrogens is 136 g/mol. The lowest BCUT2D eigenvalue weighted by Crippen LogP contribution is -2.35. The van der Waals surface area contributed by atoms with Crippen LogP contribution in [0.25, 0.3) is 0 Å². The summed E-state index contributed by atoms with van der Waals surface area (Å²) in [6.45, 7) is 0.117. The van der Waals surface area contributed by atoms with Crippen molar-refractivity contribution in [3.8, 4) is 0 Å². The van der Waals surface area contributed by atoms with Gasteiger partial charge in [0, 0.05) is 6.54 Å². The van der Waals surface area contributed by atoms with E-state index < -0.39 is 23.8 Å². The normalized spacial score (nSPS) is 31.9. The number of amides is 2. The lowest BCUT2D eigenvalue weighted by Gasteiger charge is -2.04. The molecule has 0 radical (unpaired) electrons. The topological polar surface area (TPSA) is 92.4 Å². The van der Waals surface area contributed by atoms with E-state index >= 15 is 0 Å². The Morgan fingerprint density at radius 3 is 2.60 bits per heavy atom. The fraction of sp³-hybridized carbons (Fsp3) is 0.600. The van der Waals surface area contributed by atoms with Crippen LogP contribution in [0, 0.1) is 5.92 Å². The summed E-state index contributed by atoms with van der Waals surface area (Å²) < 4.78 is 0. The second-order valence-corrected chi connectivity index (χ2v) is 2.19. The van der Waals surface area contributed by atoms with Gasteiger partial charge in [-0.05, 0) is 0 Å². The molecule has 2 atom stereocenters. The Kier molecular flexibility index (Phi) is 1.58. The maximum Gasteiger partial charge on any atom is 0.235 e. The van der Waals surface area contributed by atoms with E-state index in [4.69, 9.17) is 10.8 Å². The zero-order valence-corrected chi connectivity index (χ0v) is 5.20. The fourth-order valence-corrected chi connectivity index (χ4v) is 0.927. The van der Waals surface area contributed by atoms with Crippen LogP contribution < -0.4 is 11.1 Å². The van der Waals surface area contributed by atoms with Crippen molar-refractivity contribution in [1.29, 1.82) is 0 Å². The zero-order chi connectivity index (χ0) is 7.72. The van der Waals surface area contributed by atoms with Gasteiger partial charge in [0.05, 0.1) is 6.10 Å². The van der Waals surface area contributed by atoms with Crippen molar-refractivity contribution in [2.45, 2.75) is 6.10 Å². The van der Waals surface area contributed by atoms with Gasteiger partial charge in [-0.1, -0.05) is 0 Å². The number of hydrogen-bond donors (Lipinski definition) is 3. The lowest BCUT2D eigenvalue weighted by atomic mass is 10.1. The van der Waals surface area contributed by atoms with Crippen LogP contribution in [0.4, 0.5) is 0 Å². The van der Waals surface area contributed by atoms with Crippen LogP contribution in [-0.4, -0.2) is 29.6 Å². The van der Waals surface area contributed by atoms with Gasteiger partial charge < -0.3 is 16.2 Å². The highest BCUT2D eigenvalue weighted by atomic mass is 16.3. The third-order valence-electron chi connectivity index (χ3n) is 1.46. The minimum absolute atomic E-state index is 0.117. The van der Waals surface area contributed by atoms with Gasteiger partial charge in [0.1, 0.15) is 5.92 Å². The number of carbonyl (C=O) groups excluding carboxylic acids is 2. The second kappa shape index (κ2) is 2.26. The molecular formula is C5H8N2O3. The molecule has 0 saturated carbocycles. The van der Waals surface area contributed by atoms with Crippen molar-refractivity contribution >= 4 is 11.8 Å². The van der Waals surface area contributed by atoms with E-state index in [0.29, 0.717) is 0 Å². The second-order valence-electron chi connectivity index (χ2n) is 2.19. The molecule has 1 fully saturated rings. The Bertz CT molecular complexity index is 180. The number of hydrogen-bond acceptors (Lipinski definition) is 3. The molecule has 0 aromatic heterocycles. The summed E-state index contributed by atoms with van der Waals surface area (Å²) >= 11 is 0. The molecule has 2 amide bonds. The first kappa shape index (κ1) is 7.01. The van der Waals surface area contributed by atoms with E-state index in [1.807, 2.05) is 0 Å². The van der Waals surface area contributed by atoms with E-state index in [-0.39, 0.29) is 6.54 Å². The number of nitrogens with two attached hydrogens (primary N) is 1. The van der Waals surface area contributed by atoms with Gasteiger partial charge in [-0.15, -0.1) is 0 Å². The van der Waals surface area contributed by atoms with Crippen LogP contribution in [0.1, 0.15) is 0 Å². The van der Waals surface area contributed by atoms with Gasteiger partial charge in [-0.2, -0.15) is 0 Å². The highest BCUT2D eigenvalue weighted by Gasteiger charge is 2.37. The summed E-state index contributed by atoms with van der Waals surface area (Å²) in [6, 6.07) is 0. The zero-order valence-electron chi connectivity index (χ0n) is 5.20. The molecule has 0 aromatic carbocycles. The first-order valence-electron chi connectivity index (χ1n) is 2.88. The van der Waals surface area contributed by atoms with Crippen LogP contribution in [-0.2, 0) is 9.59 Å². The Labute approximate surface area is 57.2 Å². The molecule has 1 aliphatic rings. The third kappa shape index (κ3) is 0.950. The minimum atomic E-state index is -1.06. The minimum Gasteiger partial charge on any atom is -0.390 e. The Balaban J connectivity index is 2.72. The van der Waals surface area contributed by atoms with Gasteiger partial charge in [0.15, 0.2) is 0 Å².